The van der Waals surface area contributed by atoms with Crippen LogP contribution in [0.2, 0.25) is 10.0 Å². The van der Waals surface area contributed by atoms with Gasteiger partial charge in [-0.1, -0.05) is 29.3 Å². The number of ether oxygens (including phenoxy) is 2. The molecular weight excluding hydrogens is 446 g/mol. The van der Waals surface area contributed by atoms with Gasteiger partial charge in [0.05, 0.1) is 14.2 Å². The molecule has 7 nitrogen and oxygen atoms in total. The molecule has 0 aliphatic heterocycles. The van der Waals surface area contributed by atoms with Gasteiger partial charge in [-0.05, 0) is 54.1 Å². The SMILES string of the molecule is COc1ccc(Cl)cc1-c1ccc(O)c(C(=O)O)c1.COc1ccc(Cl)cc1B(O)O. The van der Waals surface area contributed by atoms with Crippen molar-refractivity contribution in [1.29, 1.82) is 0 Å². The molecule has 0 aliphatic carbocycles. The molecule has 3 rings (SSSR count). The second-order valence-electron chi connectivity index (χ2n) is 6.14. The average molecular weight is 465 g/mol. The summed E-state index contributed by atoms with van der Waals surface area (Å²) in [6, 6.07) is 14.0. The van der Waals surface area contributed by atoms with Gasteiger partial charge >= 0.3 is 13.1 Å². The summed E-state index contributed by atoms with van der Waals surface area (Å²) in [4.78, 5) is 11.0. The quantitative estimate of drug-likeness (QED) is 0.427. The van der Waals surface area contributed by atoms with E-state index in [4.69, 9.17) is 47.8 Å². The van der Waals surface area contributed by atoms with Crippen LogP contribution in [0.1, 0.15) is 10.4 Å². The zero-order chi connectivity index (χ0) is 23.1. The standard InChI is InChI=1S/C14H11ClO4.C7H8BClO3/c1-19-13-5-3-9(15)7-10(13)8-2-4-12(16)11(6-8)14(17)18;1-12-7-3-2-5(9)4-6(7)8(10)11/h2-7,16H,1H3,(H,17,18);2-4,10-11H,1H3. The van der Waals surface area contributed by atoms with Crippen molar-refractivity contribution in [3.05, 3.63) is 70.2 Å². The van der Waals surface area contributed by atoms with Crippen molar-refractivity contribution in [2.45, 2.75) is 0 Å². The van der Waals surface area contributed by atoms with Crippen molar-refractivity contribution in [1.82, 2.24) is 0 Å². The molecule has 31 heavy (non-hydrogen) atoms. The number of carboxylic acids is 1. The number of methoxy groups -OCH3 is 2. The fourth-order valence-electron chi connectivity index (χ4n) is 2.69. The second kappa shape index (κ2) is 10.9. The highest BCUT2D eigenvalue weighted by Crippen LogP contribution is 2.34. The Hall–Kier alpha value is -2.91. The Balaban J connectivity index is 0.000000245. The van der Waals surface area contributed by atoms with E-state index >= 15 is 0 Å². The van der Waals surface area contributed by atoms with E-state index in [2.05, 4.69) is 0 Å². The Labute approximate surface area is 189 Å². The molecule has 0 heterocycles. The number of carbonyl (C=O) groups is 1. The van der Waals surface area contributed by atoms with Crippen LogP contribution in [0.25, 0.3) is 11.1 Å². The van der Waals surface area contributed by atoms with Crippen molar-refractivity contribution in [3.63, 3.8) is 0 Å². The maximum atomic E-state index is 11.0. The van der Waals surface area contributed by atoms with Gasteiger partial charge in [0.2, 0.25) is 0 Å². The molecule has 0 bridgehead atoms. The predicted octanol–water partition coefficient (Wildman–Crippen LogP) is 3.45. The zero-order valence-electron chi connectivity index (χ0n) is 16.5. The summed E-state index contributed by atoms with van der Waals surface area (Å²) in [7, 11) is 1.42. The third-order valence-electron chi connectivity index (χ3n) is 4.17. The summed E-state index contributed by atoms with van der Waals surface area (Å²) in [6.07, 6.45) is 0. The van der Waals surface area contributed by atoms with E-state index < -0.39 is 13.1 Å². The second-order valence-corrected chi connectivity index (χ2v) is 7.01. The number of benzene rings is 3. The van der Waals surface area contributed by atoms with Crippen LogP contribution < -0.4 is 14.9 Å². The van der Waals surface area contributed by atoms with E-state index in [0.717, 1.165) is 0 Å². The lowest BCUT2D eigenvalue weighted by atomic mass is 9.79. The molecule has 3 aromatic rings. The number of rotatable bonds is 5. The number of phenols is 1. The Morgan fingerprint density at radius 2 is 1.45 bits per heavy atom. The van der Waals surface area contributed by atoms with Gasteiger partial charge < -0.3 is 29.7 Å². The normalized spacial score (nSPS) is 10.0. The first-order valence-electron chi connectivity index (χ1n) is 8.77. The number of carboxylic acid groups (broad SMARTS) is 1. The monoisotopic (exact) mass is 464 g/mol. The minimum absolute atomic E-state index is 0.167. The van der Waals surface area contributed by atoms with Crippen LogP contribution in [-0.4, -0.2) is 47.6 Å². The molecular formula is C21H19BCl2O7. The Morgan fingerprint density at radius 3 is 2.00 bits per heavy atom. The summed E-state index contributed by atoms with van der Waals surface area (Å²) in [5, 5.41) is 37.2. The predicted molar refractivity (Wildman–Crippen MR) is 120 cm³/mol. The van der Waals surface area contributed by atoms with Crippen molar-refractivity contribution in [2.75, 3.05) is 14.2 Å². The molecule has 0 amide bonds. The van der Waals surface area contributed by atoms with Gasteiger partial charge in [-0.15, -0.1) is 0 Å². The summed E-state index contributed by atoms with van der Waals surface area (Å²) in [6.45, 7) is 0. The maximum absolute atomic E-state index is 11.0. The first-order valence-corrected chi connectivity index (χ1v) is 9.53. The van der Waals surface area contributed by atoms with E-state index in [-0.39, 0.29) is 16.8 Å². The molecule has 4 N–H and O–H groups in total. The van der Waals surface area contributed by atoms with Crippen molar-refractivity contribution < 1.29 is 34.5 Å². The van der Waals surface area contributed by atoms with Gasteiger partial charge in [0.25, 0.3) is 0 Å². The van der Waals surface area contributed by atoms with Crippen LogP contribution in [0.15, 0.2) is 54.6 Å². The lowest BCUT2D eigenvalue weighted by Crippen LogP contribution is -2.31. The zero-order valence-corrected chi connectivity index (χ0v) is 18.1. The number of aromatic carboxylic acids is 1. The molecule has 162 valence electrons. The van der Waals surface area contributed by atoms with Crippen LogP contribution in [0.4, 0.5) is 0 Å². The summed E-state index contributed by atoms with van der Waals surface area (Å²) >= 11 is 11.6. The number of hydrogen-bond acceptors (Lipinski definition) is 6. The fourth-order valence-corrected chi connectivity index (χ4v) is 3.04. The van der Waals surface area contributed by atoms with Crippen molar-refractivity contribution in [3.8, 4) is 28.4 Å². The summed E-state index contributed by atoms with van der Waals surface area (Å²) in [5.41, 5.74) is 1.37. The maximum Gasteiger partial charge on any atom is 0.492 e. The van der Waals surface area contributed by atoms with Crippen LogP contribution in [-0.2, 0) is 0 Å². The van der Waals surface area contributed by atoms with Gasteiger partial charge in [-0.3, -0.25) is 0 Å². The highest BCUT2D eigenvalue weighted by Gasteiger charge is 2.17. The number of hydrogen-bond donors (Lipinski definition) is 4. The molecule has 0 saturated carbocycles. The van der Waals surface area contributed by atoms with Crippen LogP contribution in [0.3, 0.4) is 0 Å². The van der Waals surface area contributed by atoms with E-state index in [1.807, 2.05) is 0 Å². The lowest BCUT2D eigenvalue weighted by Gasteiger charge is -2.10. The smallest absolute Gasteiger partial charge is 0.492 e. The third-order valence-corrected chi connectivity index (χ3v) is 4.64. The molecule has 0 unspecified atom stereocenters. The molecule has 0 atom stereocenters. The van der Waals surface area contributed by atoms with Crippen molar-refractivity contribution >= 4 is 41.8 Å². The van der Waals surface area contributed by atoms with Gasteiger partial charge in [0.15, 0.2) is 0 Å². The molecule has 0 spiro atoms. The first-order chi connectivity index (χ1) is 14.7. The highest BCUT2D eigenvalue weighted by molar-refractivity contribution is 6.60. The third kappa shape index (κ3) is 6.29. The molecule has 0 aliphatic rings. The van der Waals surface area contributed by atoms with E-state index in [1.54, 1.807) is 36.4 Å². The van der Waals surface area contributed by atoms with Gasteiger partial charge in [0, 0.05) is 21.1 Å². The Morgan fingerprint density at radius 1 is 0.871 bits per heavy atom. The summed E-state index contributed by atoms with van der Waals surface area (Å²) < 4.78 is 10.1. The number of halogens is 2. The first kappa shape index (κ1) is 24.4. The van der Waals surface area contributed by atoms with Crippen LogP contribution in [0, 0.1) is 0 Å². The van der Waals surface area contributed by atoms with E-state index in [1.165, 1.54) is 32.4 Å². The Kier molecular flexibility index (Phi) is 8.59. The van der Waals surface area contributed by atoms with Crippen LogP contribution >= 0.6 is 23.2 Å². The molecule has 0 fully saturated rings. The minimum Gasteiger partial charge on any atom is -0.507 e. The minimum atomic E-state index is -1.56. The molecule has 0 saturated heterocycles. The van der Waals surface area contributed by atoms with Gasteiger partial charge in [0.1, 0.15) is 22.8 Å². The average Bonchev–Trinajstić information content (AvgIpc) is 2.74. The molecule has 3 aromatic carbocycles. The largest absolute Gasteiger partial charge is 0.507 e. The Bertz CT molecular complexity index is 1070. The topological polar surface area (TPSA) is 116 Å². The molecule has 10 heteroatoms. The lowest BCUT2D eigenvalue weighted by molar-refractivity contribution is 0.0693. The molecule has 0 aromatic heterocycles. The van der Waals surface area contributed by atoms with Crippen LogP contribution in [0.5, 0.6) is 17.2 Å². The molecule has 0 radical (unpaired) electrons. The fraction of sp³-hybridized carbons (Fsp3) is 0.0952. The van der Waals surface area contributed by atoms with Gasteiger partial charge in [-0.2, -0.15) is 0 Å². The van der Waals surface area contributed by atoms with Crippen molar-refractivity contribution in [2.24, 2.45) is 0 Å². The van der Waals surface area contributed by atoms with Gasteiger partial charge in [-0.25, -0.2) is 4.79 Å². The summed E-state index contributed by atoms with van der Waals surface area (Å²) in [5.74, 6) is -0.488. The number of aromatic hydroxyl groups is 1. The highest BCUT2D eigenvalue weighted by atomic mass is 35.5. The van der Waals surface area contributed by atoms with E-state index in [0.29, 0.717) is 32.7 Å². The van der Waals surface area contributed by atoms with E-state index in [9.17, 15) is 9.90 Å².